The Morgan fingerprint density at radius 2 is 1.47 bits per heavy atom. The van der Waals surface area contributed by atoms with Gasteiger partial charge < -0.3 is 20.1 Å². The summed E-state index contributed by atoms with van der Waals surface area (Å²) in [6.45, 7) is 0.726. The molecular formula is C38H36N2O5. The second-order valence-corrected chi connectivity index (χ2v) is 10.6. The van der Waals surface area contributed by atoms with Crippen LogP contribution < -0.4 is 15.4 Å². The molecule has 0 heterocycles. The summed E-state index contributed by atoms with van der Waals surface area (Å²) in [7, 11) is 1.34. The Hall–Kier alpha value is -5.43. The van der Waals surface area contributed by atoms with Gasteiger partial charge in [0.1, 0.15) is 18.4 Å². The molecule has 0 aromatic heterocycles. The number of anilines is 1. The lowest BCUT2D eigenvalue weighted by Gasteiger charge is -2.20. The number of fused-ring (bicyclic) bond motifs is 1. The summed E-state index contributed by atoms with van der Waals surface area (Å²) in [5.74, 6) is 0.0683. The van der Waals surface area contributed by atoms with Crippen molar-refractivity contribution in [2.75, 3.05) is 25.6 Å². The van der Waals surface area contributed by atoms with Gasteiger partial charge in [-0.3, -0.25) is 9.59 Å². The Bertz CT molecular complexity index is 1750. The number of carbonyl (C=O) groups is 3. The van der Waals surface area contributed by atoms with Gasteiger partial charge in [-0.1, -0.05) is 97.1 Å². The molecular weight excluding hydrogens is 564 g/mol. The Labute approximate surface area is 263 Å². The summed E-state index contributed by atoms with van der Waals surface area (Å²) < 4.78 is 10.9. The Kier molecular flexibility index (Phi) is 10.6. The van der Waals surface area contributed by atoms with Gasteiger partial charge in [0.25, 0.3) is 0 Å². The van der Waals surface area contributed by atoms with Crippen molar-refractivity contribution >= 4 is 34.1 Å². The van der Waals surface area contributed by atoms with E-state index in [0.717, 1.165) is 11.1 Å². The lowest BCUT2D eigenvalue weighted by atomic mass is 10.00. The summed E-state index contributed by atoms with van der Waals surface area (Å²) in [6.07, 6.45) is 1.42. The molecule has 0 bridgehead atoms. The van der Waals surface area contributed by atoms with Crippen LogP contribution in [0.25, 0.3) is 10.8 Å². The van der Waals surface area contributed by atoms with Crippen LogP contribution in [0, 0.1) is 0 Å². The highest BCUT2D eigenvalue weighted by Gasteiger charge is 2.22. The van der Waals surface area contributed by atoms with Gasteiger partial charge in [-0.05, 0) is 52.6 Å². The smallest absolute Gasteiger partial charge is 0.328 e. The van der Waals surface area contributed by atoms with E-state index in [1.165, 1.54) is 17.9 Å². The lowest BCUT2D eigenvalue weighted by Crippen LogP contribution is -2.33. The van der Waals surface area contributed by atoms with Crippen LogP contribution in [-0.4, -0.2) is 44.0 Å². The lowest BCUT2D eigenvalue weighted by molar-refractivity contribution is -0.141. The third-order valence-corrected chi connectivity index (χ3v) is 7.58. The molecule has 5 rings (SSSR count). The normalized spacial score (nSPS) is 11.4. The van der Waals surface area contributed by atoms with Crippen LogP contribution in [0.1, 0.15) is 33.5 Å². The molecule has 1 atom stereocenters. The van der Waals surface area contributed by atoms with Gasteiger partial charge in [0, 0.05) is 29.7 Å². The molecule has 0 aliphatic carbocycles. The highest BCUT2D eigenvalue weighted by Crippen LogP contribution is 2.23. The van der Waals surface area contributed by atoms with Gasteiger partial charge in [0.2, 0.25) is 5.91 Å². The first-order valence-corrected chi connectivity index (χ1v) is 15.0. The van der Waals surface area contributed by atoms with Crippen molar-refractivity contribution in [2.24, 2.45) is 0 Å². The van der Waals surface area contributed by atoms with Crippen molar-refractivity contribution in [1.29, 1.82) is 0 Å². The van der Waals surface area contributed by atoms with Crippen molar-refractivity contribution < 1.29 is 23.9 Å². The maximum absolute atomic E-state index is 13.2. The van der Waals surface area contributed by atoms with E-state index >= 15 is 0 Å². The monoisotopic (exact) mass is 600 g/mol. The van der Waals surface area contributed by atoms with E-state index in [4.69, 9.17) is 9.47 Å². The molecule has 7 nitrogen and oxygen atoms in total. The molecule has 0 unspecified atom stereocenters. The zero-order valence-corrected chi connectivity index (χ0v) is 25.2. The van der Waals surface area contributed by atoms with E-state index in [1.54, 1.807) is 30.3 Å². The summed E-state index contributed by atoms with van der Waals surface area (Å²) >= 11 is 0. The zero-order valence-electron chi connectivity index (χ0n) is 25.2. The molecule has 0 fully saturated rings. The number of para-hydroxylation sites is 1. The minimum Gasteiger partial charge on any atom is -0.492 e. The fourth-order valence-corrected chi connectivity index (χ4v) is 5.24. The van der Waals surface area contributed by atoms with Crippen LogP contribution in [0.3, 0.4) is 0 Å². The van der Waals surface area contributed by atoms with Gasteiger partial charge in [-0.15, -0.1) is 0 Å². The molecule has 5 aromatic rings. The highest BCUT2D eigenvalue weighted by molar-refractivity contribution is 6.12. The SMILES string of the molecule is COC(=O)[C@H](Cc1ccc(OCCNC(=O)CCc2cccc3ccccc23)cc1)Nc1ccccc1C(=O)c1ccccc1. The van der Waals surface area contributed by atoms with Crippen LogP contribution in [-0.2, 0) is 27.2 Å². The number of rotatable bonds is 14. The number of ketones is 1. The average Bonchev–Trinajstić information content (AvgIpc) is 3.09. The largest absolute Gasteiger partial charge is 0.492 e. The van der Waals surface area contributed by atoms with Crippen molar-refractivity contribution in [3.63, 3.8) is 0 Å². The minimum atomic E-state index is -0.712. The van der Waals surface area contributed by atoms with Gasteiger partial charge in [0.15, 0.2) is 5.78 Å². The predicted molar refractivity (Wildman–Crippen MR) is 177 cm³/mol. The molecule has 0 saturated carbocycles. The van der Waals surface area contributed by atoms with E-state index in [2.05, 4.69) is 34.9 Å². The Morgan fingerprint density at radius 3 is 2.27 bits per heavy atom. The minimum absolute atomic E-state index is 0.0183. The summed E-state index contributed by atoms with van der Waals surface area (Å²) in [6, 6.07) is 37.2. The number of hydrogen-bond acceptors (Lipinski definition) is 6. The number of methoxy groups -OCH3 is 1. The molecule has 5 aromatic carbocycles. The average molecular weight is 601 g/mol. The van der Waals surface area contributed by atoms with Crippen molar-refractivity contribution in [3.05, 3.63) is 144 Å². The fraction of sp³-hybridized carbons (Fsp3) is 0.184. The Balaban J connectivity index is 1.11. The quantitative estimate of drug-likeness (QED) is 0.0871. The molecule has 0 aliphatic rings. The number of hydrogen-bond donors (Lipinski definition) is 2. The molecule has 0 spiro atoms. The number of ether oxygens (including phenoxy) is 2. The number of carbonyl (C=O) groups excluding carboxylic acids is 3. The molecule has 0 saturated heterocycles. The first kappa shape index (κ1) is 31.0. The van der Waals surface area contributed by atoms with Crippen molar-refractivity contribution in [2.45, 2.75) is 25.3 Å². The fourth-order valence-electron chi connectivity index (χ4n) is 5.24. The summed E-state index contributed by atoms with van der Waals surface area (Å²) in [4.78, 5) is 38.3. The van der Waals surface area contributed by atoms with E-state index in [9.17, 15) is 14.4 Å². The van der Waals surface area contributed by atoms with Gasteiger partial charge in [0.05, 0.1) is 13.7 Å². The number of benzene rings is 5. The highest BCUT2D eigenvalue weighted by atomic mass is 16.5. The second kappa shape index (κ2) is 15.3. The van der Waals surface area contributed by atoms with Crippen LogP contribution in [0.4, 0.5) is 5.69 Å². The molecule has 0 radical (unpaired) electrons. The van der Waals surface area contributed by atoms with Crippen molar-refractivity contribution in [3.8, 4) is 5.75 Å². The third kappa shape index (κ3) is 8.36. The standard InChI is InChI=1S/C38H36N2O5/c1-44-38(43)35(40-34-17-8-7-16-33(34)37(42)30-11-3-2-4-12-30)26-27-18-21-31(22-19-27)45-25-24-39-36(41)23-20-29-14-9-13-28-10-5-6-15-32(28)29/h2-19,21-22,35,40H,20,23-26H2,1H3,(H,39,41)/t35-/m0/s1. The first-order chi connectivity index (χ1) is 22.0. The number of esters is 1. The topological polar surface area (TPSA) is 93.7 Å². The molecule has 2 N–H and O–H groups in total. The number of amides is 1. The van der Waals surface area contributed by atoms with Gasteiger partial charge in [-0.25, -0.2) is 4.79 Å². The van der Waals surface area contributed by atoms with Crippen molar-refractivity contribution in [1.82, 2.24) is 5.32 Å². The maximum atomic E-state index is 13.2. The van der Waals surface area contributed by atoms with E-state index in [-0.39, 0.29) is 11.7 Å². The molecule has 228 valence electrons. The van der Waals surface area contributed by atoms with E-state index in [1.807, 2.05) is 66.7 Å². The zero-order chi connectivity index (χ0) is 31.4. The predicted octanol–water partition coefficient (Wildman–Crippen LogP) is 6.39. The van der Waals surface area contributed by atoms with Crippen LogP contribution >= 0.6 is 0 Å². The molecule has 0 aliphatic heterocycles. The van der Waals surface area contributed by atoms with Crippen LogP contribution in [0.5, 0.6) is 5.75 Å². The maximum Gasteiger partial charge on any atom is 0.328 e. The molecule has 45 heavy (non-hydrogen) atoms. The molecule has 1 amide bonds. The van der Waals surface area contributed by atoms with E-state index in [0.29, 0.717) is 55.0 Å². The van der Waals surface area contributed by atoms with Crippen LogP contribution in [0.2, 0.25) is 0 Å². The van der Waals surface area contributed by atoms with Crippen LogP contribution in [0.15, 0.2) is 121 Å². The summed E-state index contributed by atoms with van der Waals surface area (Å²) in [5, 5.41) is 8.50. The van der Waals surface area contributed by atoms with Gasteiger partial charge in [-0.2, -0.15) is 0 Å². The number of aryl methyl sites for hydroxylation is 1. The summed E-state index contributed by atoms with van der Waals surface area (Å²) in [5.41, 5.74) is 3.65. The third-order valence-electron chi connectivity index (χ3n) is 7.58. The van der Waals surface area contributed by atoms with Gasteiger partial charge >= 0.3 is 5.97 Å². The first-order valence-electron chi connectivity index (χ1n) is 15.0. The second-order valence-electron chi connectivity index (χ2n) is 10.6. The Morgan fingerprint density at radius 1 is 0.756 bits per heavy atom. The molecule has 7 heteroatoms. The van der Waals surface area contributed by atoms with E-state index < -0.39 is 12.0 Å². The number of nitrogens with one attached hydrogen (secondary N) is 2.